The molecular weight excluding hydrogens is 558 g/mol. The largest absolute Gasteiger partial charge is 0.354 e. The van der Waals surface area contributed by atoms with Crippen molar-refractivity contribution >= 4 is 39.1 Å². The number of nitrogens with one attached hydrogen (secondary N) is 1. The minimum atomic E-state index is -3.62. The third-order valence-electron chi connectivity index (χ3n) is 7.08. The lowest BCUT2D eigenvalue weighted by Gasteiger charge is -2.32. The molecule has 0 fully saturated rings. The van der Waals surface area contributed by atoms with E-state index in [0.717, 1.165) is 29.4 Å². The van der Waals surface area contributed by atoms with Crippen LogP contribution in [0.4, 0.5) is 5.69 Å². The minimum Gasteiger partial charge on any atom is -0.354 e. The van der Waals surface area contributed by atoms with Gasteiger partial charge >= 0.3 is 0 Å². The maximum Gasteiger partial charge on any atom is 0.243 e. The second-order valence-electron chi connectivity index (χ2n) is 10.3. The fraction of sp³-hybridized carbons (Fsp3) is 0.375. The monoisotopic (exact) mass is 597 g/mol. The van der Waals surface area contributed by atoms with Crippen LogP contribution in [0, 0.1) is 13.8 Å². The van der Waals surface area contributed by atoms with E-state index in [9.17, 15) is 18.0 Å². The van der Waals surface area contributed by atoms with Gasteiger partial charge in [0.25, 0.3) is 0 Å². The molecule has 0 aliphatic carbocycles. The van der Waals surface area contributed by atoms with Gasteiger partial charge in [-0.3, -0.25) is 13.9 Å². The molecule has 1 N–H and O–H groups in total. The fourth-order valence-electron chi connectivity index (χ4n) is 4.74. The van der Waals surface area contributed by atoms with Crippen molar-refractivity contribution in [1.29, 1.82) is 0 Å². The molecule has 0 unspecified atom stereocenters. The van der Waals surface area contributed by atoms with Gasteiger partial charge in [0, 0.05) is 37.5 Å². The van der Waals surface area contributed by atoms with E-state index in [-0.39, 0.29) is 37.7 Å². The van der Waals surface area contributed by atoms with Crippen LogP contribution in [0.5, 0.6) is 0 Å². The summed E-state index contributed by atoms with van der Waals surface area (Å²) in [6, 6.07) is 21.9. The van der Waals surface area contributed by atoms with Gasteiger partial charge in [-0.1, -0.05) is 79.2 Å². The number of halogens is 1. The summed E-state index contributed by atoms with van der Waals surface area (Å²) < 4.78 is 26.7. The third-order valence-corrected chi connectivity index (χ3v) is 8.67. The Hall–Kier alpha value is -3.36. The second-order valence-corrected chi connectivity index (χ2v) is 12.6. The Morgan fingerprint density at radius 2 is 1.63 bits per heavy atom. The first-order valence-electron chi connectivity index (χ1n) is 13.9. The maximum atomic E-state index is 13.9. The van der Waals surface area contributed by atoms with E-state index in [4.69, 9.17) is 11.6 Å². The molecule has 0 aromatic heterocycles. The highest BCUT2D eigenvalue weighted by molar-refractivity contribution is 7.92. The van der Waals surface area contributed by atoms with Gasteiger partial charge in [-0.15, -0.1) is 0 Å². The number of hydrogen-bond acceptors (Lipinski definition) is 4. The summed E-state index contributed by atoms with van der Waals surface area (Å²) in [5, 5.41) is 3.45. The van der Waals surface area contributed by atoms with Crippen molar-refractivity contribution in [3.63, 3.8) is 0 Å². The predicted octanol–water partition coefficient (Wildman–Crippen LogP) is 5.67. The number of aryl methyl sites for hydroxylation is 1. The van der Waals surface area contributed by atoms with Gasteiger partial charge in [0.2, 0.25) is 21.8 Å². The van der Waals surface area contributed by atoms with Crippen LogP contribution >= 0.6 is 11.6 Å². The van der Waals surface area contributed by atoms with Crippen LogP contribution in [-0.4, -0.2) is 50.5 Å². The number of rotatable bonds is 14. The number of sulfonamides is 1. The van der Waals surface area contributed by atoms with E-state index < -0.39 is 16.1 Å². The molecule has 0 saturated heterocycles. The van der Waals surface area contributed by atoms with Gasteiger partial charge in [-0.25, -0.2) is 8.42 Å². The smallest absolute Gasteiger partial charge is 0.243 e. The SMILES string of the molecule is CCCNC(=O)[C@H](Cc1ccccc1)N(Cc1ccccc1C)C(=O)CCCN(c1cccc(Cl)c1C)S(C)(=O)=O. The number of hydrogen-bond donors (Lipinski definition) is 1. The Bertz CT molecular complexity index is 1430. The molecule has 0 aliphatic heterocycles. The predicted molar refractivity (Wildman–Crippen MR) is 167 cm³/mol. The number of nitrogens with zero attached hydrogens (tertiary/aromatic N) is 2. The molecule has 7 nitrogen and oxygen atoms in total. The standard InChI is InChI=1S/C32H40ClN3O4S/c1-5-20-34-32(38)30(22-26-14-7-6-8-15-26)35(23-27-16-10-9-13-24(27)2)31(37)19-12-21-36(41(4,39)40)29-18-11-17-28(33)25(29)3/h6-11,13-18,30H,5,12,19-23H2,1-4H3,(H,34,38)/t30-/m0/s1. The average Bonchev–Trinajstić information content (AvgIpc) is 2.94. The highest BCUT2D eigenvalue weighted by Gasteiger charge is 2.30. The number of carbonyl (C=O) groups excluding carboxylic acids is 2. The van der Waals surface area contributed by atoms with Crippen molar-refractivity contribution in [2.24, 2.45) is 0 Å². The highest BCUT2D eigenvalue weighted by atomic mass is 35.5. The first-order valence-corrected chi connectivity index (χ1v) is 16.1. The van der Waals surface area contributed by atoms with Gasteiger partial charge in [0.05, 0.1) is 11.9 Å². The third kappa shape index (κ3) is 9.07. The van der Waals surface area contributed by atoms with E-state index in [1.54, 1.807) is 30.0 Å². The van der Waals surface area contributed by atoms with Crippen molar-refractivity contribution in [3.8, 4) is 0 Å². The number of amides is 2. The lowest BCUT2D eigenvalue weighted by molar-refractivity contribution is -0.141. The fourth-order valence-corrected chi connectivity index (χ4v) is 5.93. The first kappa shape index (κ1) is 32.2. The zero-order valence-corrected chi connectivity index (χ0v) is 25.8. The molecule has 1 atom stereocenters. The Morgan fingerprint density at radius 3 is 2.29 bits per heavy atom. The lowest BCUT2D eigenvalue weighted by Crippen LogP contribution is -2.50. The minimum absolute atomic E-state index is 0.0733. The van der Waals surface area contributed by atoms with E-state index in [0.29, 0.717) is 29.2 Å². The number of carbonyl (C=O) groups is 2. The Balaban J connectivity index is 1.90. The molecule has 0 heterocycles. The quantitative estimate of drug-likeness (QED) is 0.259. The number of anilines is 1. The van der Waals surface area contributed by atoms with E-state index in [1.165, 1.54) is 4.31 Å². The molecular formula is C32H40ClN3O4S. The lowest BCUT2D eigenvalue weighted by atomic mass is 10.0. The highest BCUT2D eigenvalue weighted by Crippen LogP contribution is 2.28. The molecule has 0 aliphatic rings. The van der Waals surface area contributed by atoms with Crippen LogP contribution in [0.15, 0.2) is 72.8 Å². The van der Waals surface area contributed by atoms with E-state index in [2.05, 4.69) is 5.32 Å². The van der Waals surface area contributed by atoms with Crippen molar-refractivity contribution in [2.45, 2.75) is 59.0 Å². The van der Waals surface area contributed by atoms with Crippen molar-refractivity contribution in [2.75, 3.05) is 23.7 Å². The molecule has 2 amide bonds. The van der Waals surface area contributed by atoms with Gasteiger partial charge in [-0.2, -0.15) is 0 Å². The van der Waals surface area contributed by atoms with Crippen LogP contribution in [0.1, 0.15) is 48.4 Å². The summed E-state index contributed by atoms with van der Waals surface area (Å²) in [7, 11) is -3.62. The molecule has 9 heteroatoms. The summed E-state index contributed by atoms with van der Waals surface area (Å²) in [5.74, 6) is -0.415. The van der Waals surface area contributed by atoms with E-state index >= 15 is 0 Å². The Labute approximate surface area is 249 Å². The summed E-state index contributed by atoms with van der Waals surface area (Å²) >= 11 is 6.27. The zero-order chi connectivity index (χ0) is 30.0. The van der Waals surface area contributed by atoms with Crippen molar-refractivity contribution < 1.29 is 18.0 Å². The second kappa shape index (κ2) is 15.0. The molecule has 0 spiro atoms. The van der Waals surface area contributed by atoms with Gasteiger partial charge in [0.15, 0.2) is 0 Å². The summed E-state index contributed by atoms with van der Waals surface area (Å²) in [5.41, 5.74) is 4.08. The molecule has 41 heavy (non-hydrogen) atoms. The number of benzene rings is 3. The van der Waals surface area contributed by atoms with Gasteiger partial charge in [-0.05, 0) is 61.1 Å². The topological polar surface area (TPSA) is 86.8 Å². The Morgan fingerprint density at radius 1 is 0.951 bits per heavy atom. The first-order chi connectivity index (χ1) is 19.5. The molecule has 3 rings (SSSR count). The van der Waals surface area contributed by atoms with Gasteiger partial charge in [0.1, 0.15) is 6.04 Å². The normalized spacial score (nSPS) is 12.0. The van der Waals surface area contributed by atoms with Crippen LogP contribution in [0.3, 0.4) is 0 Å². The van der Waals surface area contributed by atoms with Crippen LogP contribution in [0.25, 0.3) is 0 Å². The Kier molecular flexibility index (Phi) is 11.8. The summed E-state index contributed by atoms with van der Waals surface area (Å²) in [6.07, 6.45) is 2.64. The average molecular weight is 598 g/mol. The molecule has 3 aromatic rings. The van der Waals surface area contributed by atoms with Crippen LogP contribution in [0.2, 0.25) is 5.02 Å². The van der Waals surface area contributed by atoms with Crippen LogP contribution in [-0.2, 0) is 32.6 Å². The summed E-state index contributed by atoms with van der Waals surface area (Å²) in [6.45, 7) is 6.63. The maximum absolute atomic E-state index is 13.9. The molecule has 220 valence electrons. The molecule has 3 aromatic carbocycles. The summed E-state index contributed by atoms with van der Waals surface area (Å²) in [4.78, 5) is 29.1. The molecule has 0 radical (unpaired) electrons. The van der Waals surface area contributed by atoms with Crippen molar-refractivity contribution in [3.05, 3.63) is 100 Å². The van der Waals surface area contributed by atoms with Crippen LogP contribution < -0.4 is 9.62 Å². The molecule has 0 bridgehead atoms. The van der Waals surface area contributed by atoms with E-state index in [1.807, 2.05) is 68.4 Å². The zero-order valence-electron chi connectivity index (χ0n) is 24.3. The van der Waals surface area contributed by atoms with Gasteiger partial charge < -0.3 is 10.2 Å². The molecule has 0 saturated carbocycles. The van der Waals surface area contributed by atoms with Crippen molar-refractivity contribution in [1.82, 2.24) is 10.2 Å².